The second-order valence-corrected chi connectivity index (χ2v) is 7.33. The summed E-state index contributed by atoms with van der Waals surface area (Å²) >= 11 is 0. The molecule has 0 bridgehead atoms. The first-order valence-electron chi connectivity index (χ1n) is 10.5. The molecule has 2 N–H and O–H groups in total. The van der Waals surface area contributed by atoms with Gasteiger partial charge in [0.25, 0.3) is 0 Å². The summed E-state index contributed by atoms with van der Waals surface area (Å²) in [7, 11) is 0. The molecule has 0 saturated heterocycles. The second-order valence-electron chi connectivity index (χ2n) is 7.33. The molecule has 0 aliphatic carbocycles. The van der Waals surface area contributed by atoms with E-state index in [2.05, 4.69) is 10.2 Å². The Hall–Kier alpha value is -3.86. The Bertz CT molecular complexity index is 1080. The third-order valence-corrected chi connectivity index (χ3v) is 5.15. The highest BCUT2D eigenvalue weighted by Gasteiger charge is 2.20. The van der Waals surface area contributed by atoms with E-state index < -0.39 is 12.2 Å². The van der Waals surface area contributed by atoms with Gasteiger partial charge in [-0.1, -0.05) is 121 Å². The molecule has 0 amide bonds. The Kier molecular flexibility index (Phi) is 6.98. The van der Waals surface area contributed by atoms with Gasteiger partial charge in [-0.2, -0.15) is 10.2 Å². The van der Waals surface area contributed by atoms with Crippen LogP contribution in [-0.2, 0) is 0 Å². The molecule has 4 heteroatoms. The predicted octanol–water partition coefficient (Wildman–Crippen LogP) is 5.35. The van der Waals surface area contributed by atoms with Crippen molar-refractivity contribution in [2.24, 2.45) is 10.2 Å². The van der Waals surface area contributed by atoms with Crippen molar-refractivity contribution in [3.63, 3.8) is 0 Å². The minimum Gasteiger partial charge on any atom is -0.382 e. The van der Waals surface area contributed by atoms with Crippen LogP contribution in [0.15, 0.2) is 132 Å². The zero-order valence-corrected chi connectivity index (χ0v) is 17.5. The van der Waals surface area contributed by atoms with E-state index in [0.717, 1.165) is 22.3 Å². The minimum absolute atomic E-state index is 0.408. The third-order valence-electron chi connectivity index (χ3n) is 5.15. The summed E-state index contributed by atoms with van der Waals surface area (Å²) in [5.41, 5.74) is 3.77. The summed E-state index contributed by atoms with van der Waals surface area (Å²) in [6.07, 6.45) is -1.93. The molecule has 0 aliphatic rings. The minimum atomic E-state index is -0.965. The summed E-state index contributed by atoms with van der Waals surface area (Å²) in [4.78, 5) is 0. The fourth-order valence-corrected chi connectivity index (χ4v) is 3.45. The van der Waals surface area contributed by atoms with Gasteiger partial charge in [0.1, 0.15) is 23.6 Å². The molecule has 158 valence electrons. The lowest BCUT2D eigenvalue weighted by Crippen LogP contribution is -2.16. The quantitative estimate of drug-likeness (QED) is 0.313. The van der Waals surface area contributed by atoms with Crippen molar-refractivity contribution >= 4 is 11.4 Å². The standard InChI is InChI=1S/C28H24N2O2/c31-27(23-17-9-3-10-18-23)25(21-13-5-1-6-14-21)29-30-26(22-15-7-2-8-16-22)28(32)24-19-11-4-12-20-24/h1-20,27-28,31-32H/b29-25-,30-26-/t27-,28+. The van der Waals surface area contributed by atoms with E-state index in [0.29, 0.717) is 11.4 Å². The zero-order valence-electron chi connectivity index (χ0n) is 17.5. The van der Waals surface area contributed by atoms with Gasteiger partial charge in [0.2, 0.25) is 0 Å². The van der Waals surface area contributed by atoms with Crippen LogP contribution in [0.4, 0.5) is 0 Å². The molecule has 0 spiro atoms. The maximum atomic E-state index is 11.1. The van der Waals surface area contributed by atoms with Crippen molar-refractivity contribution in [3.05, 3.63) is 144 Å². The lowest BCUT2D eigenvalue weighted by Gasteiger charge is -2.16. The molecule has 4 rings (SSSR count). The first-order chi connectivity index (χ1) is 15.7. The normalized spacial score (nSPS) is 14.1. The van der Waals surface area contributed by atoms with Gasteiger partial charge in [0, 0.05) is 11.1 Å². The van der Waals surface area contributed by atoms with E-state index in [-0.39, 0.29) is 0 Å². The SMILES string of the molecule is O[C@H](/C(=N\N=C(\c1ccccc1)[C@H](O)c1ccccc1)c1ccccc1)c1ccccc1. The smallest absolute Gasteiger partial charge is 0.123 e. The number of hydrogen-bond acceptors (Lipinski definition) is 4. The molecule has 0 unspecified atom stereocenters. The van der Waals surface area contributed by atoms with Crippen molar-refractivity contribution in [2.45, 2.75) is 12.2 Å². The summed E-state index contributed by atoms with van der Waals surface area (Å²) in [6, 6.07) is 37.6. The van der Waals surface area contributed by atoms with Gasteiger partial charge in [-0.15, -0.1) is 0 Å². The van der Waals surface area contributed by atoms with Crippen LogP contribution in [0.5, 0.6) is 0 Å². The Balaban J connectivity index is 1.82. The molecule has 4 aromatic carbocycles. The van der Waals surface area contributed by atoms with Gasteiger partial charge < -0.3 is 10.2 Å². The molecular formula is C28H24N2O2. The van der Waals surface area contributed by atoms with E-state index >= 15 is 0 Å². The van der Waals surface area contributed by atoms with E-state index in [9.17, 15) is 10.2 Å². The van der Waals surface area contributed by atoms with Crippen LogP contribution >= 0.6 is 0 Å². The highest BCUT2D eigenvalue weighted by atomic mass is 16.3. The fourth-order valence-electron chi connectivity index (χ4n) is 3.45. The lowest BCUT2D eigenvalue weighted by atomic mass is 9.99. The second kappa shape index (κ2) is 10.4. The van der Waals surface area contributed by atoms with Crippen molar-refractivity contribution in [1.29, 1.82) is 0 Å². The maximum Gasteiger partial charge on any atom is 0.123 e. The molecule has 0 aliphatic heterocycles. The largest absolute Gasteiger partial charge is 0.382 e. The Morgan fingerprint density at radius 3 is 1.03 bits per heavy atom. The number of rotatable bonds is 7. The van der Waals surface area contributed by atoms with Crippen LogP contribution < -0.4 is 0 Å². The van der Waals surface area contributed by atoms with Gasteiger partial charge in [0.15, 0.2) is 0 Å². The predicted molar refractivity (Wildman–Crippen MR) is 129 cm³/mol. The van der Waals surface area contributed by atoms with Crippen molar-refractivity contribution in [2.75, 3.05) is 0 Å². The third kappa shape index (κ3) is 5.06. The summed E-state index contributed by atoms with van der Waals surface area (Å²) in [5.74, 6) is 0. The number of nitrogens with zero attached hydrogens (tertiary/aromatic N) is 2. The molecule has 4 aromatic rings. The topological polar surface area (TPSA) is 65.2 Å². The number of benzene rings is 4. The monoisotopic (exact) mass is 420 g/mol. The van der Waals surface area contributed by atoms with Crippen LogP contribution in [-0.4, -0.2) is 21.6 Å². The Morgan fingerprint density at radius 2 is 0.719 bits per heavy atom. The average molecular weight is 421 g/mol. The highest BCUT2D eigenvalue weighted by molar-refractivity contribution is 6.07. The van der Waals surface area contributed by atoms with Crippen molar-refractivity contribution in [1.82, 2.24) is 0 Å². The molecule has 0 aromatic heterocycles. The number of aliphatic hydroxyl groups excluding tert-OH is 2. The van der Waals surface area contributed by atoms with E-state index in [1.165, 1.54) is 0 Å². The van der Waals surface area contributed by atoms with Gasteiger partial charge in [0.05, 0.1) is 0 Å². The molecule has 0 fully saturated rings. The fraction of sp³-hybridized carbons (Fsp3) is 0.0714. The molecular weight excluding hydrogens is 396 g/mol. The molecule has 0 heterocycles. The van der Waals surface area contributed by atoms with Crippen LogP contribution in [0.1, 0.15) is 34.5 Å². The average Bonchev–Trinajstić information content (AvgIpc) is 2.88. The number of aliphatic hydroxyl groups is 2. The Labute approximate surface area is 187 Å². The van der Waals surface area contributed by atoms with Crippen molar-refractivity contribution < 1.29 is 10.2 Å². The van der Waals surface area contributed by atoms with E-state index in [1.54, 1.807) is 0 Å². The van der Waals surface area contributed by atoms with E-state index in [4.69, 9.17) is 0 Å². The van der Waals surface area contributed by atoms with Crippen LogP contribution in [0.2, 0.25) is 0 Å². The first kappa shape index (κ1) is 21.4. The Morgan fingerprint density at radius 1 is 0.438 bits per heavy atom. The molecule has 0 saturated carbocycles. The molecule has 4 nitrogen and oxygen atoms in total. The van der Waals surface area contributed by atoms with Crippen molar-refractivity contribution in [3.8, 4) is 0 Å². The van der Waals surface area contributed by atoms with E-state index in [1.807, 2.05) is 121 Å². The van der Waals surface area contributed by atoms with Crippen LogP contribution in [0, 0.1) is 0 Å². The summed E-state index contributed by atoms with van der Waals surface area (Å²) < 4.78 is 0. The van der Waals surface area contributed by atoms with Gasteiger partial charge >= 0.3 is 0 Å². The lowest BCUT2D eigenvalue weighted by molar-refractivity contribution is 0.245. The van der Waals surface area contributed by atoms with Crippen LogP contribution in [0.25, 0.3) is 0 Å². The molecule has 0 radical (unpaired) electrons. The molecule has 2 atom stereocenters. The zero-order chi connectivity index (χ0) is 22.2. The summed E-state index contributed by atoms with van der Waals surface area (Å²) in [6.45, 7) is 0. The maximum absolute atomic E-state index is 11.1. The highest BCUT2D eigenvalue weighted by Crippen LogP contribution is 2.22. The van der Waals surface area contributed by atoms with Gasteiger partial charge in [-0.25, -0.2) is 0 Å². The number of hydrogen-bond donors (Lipinski definition) is 2. The van der Waals surface area contributed by atoms with Gasteiger partial charge in [-0.3, -0.25) is 0 Å². The summed E-state index contributed by atoms with van der Waals surface area (Å²) in [5, 5.41) is 31.2. The van der Waals surface area contributed by atoms with Gasteiger partial charge in [-0.05, 0) is 11.1 Å². The molecule has 32 heavy (non-hydrogen) atoms. The first-order valence-corrected chi connectivity index (χ1v) is 10.5. The van der Waals surface area contributed by atoms with Crippen LogP contribution in [0.3, 0.4) is 0 Å².